The third-order valence-electron chi connectivity index (χ3n) is 7.83. The van der Waals surface area contributed by atoms with Crippen molar-refractivity contribution in [3.63, 3.8) is 0 Å². The Hall–Kier alpha value is -4.23. The highest BCUT2D eigenvalue weighted by atomic mass is 35.5. The summed E-state index contributed by atoms with van der Waals surface area (Å²) in [6.45, 7) is 4.31. The lowest BCUT2D eigenvalue weighted by atomic mass is 9.98. The summed E-state index contributed by atoms with van der Waals surface area (Å²) in [5.41, 5.74) is 2.25. The molecule has 5 rings (SSSR count). The SMILES string of the molecule is C=CCN1CC(=O)N2[C@@H](Cc3ccc(O[P+](O)(O)O)cc3)C(=O)N(Cc3ccc(OC)c(Cl)c3)C[C@@H]2N1C(=O)NCc1ccccc1. The van der Waals surface area contributed by atoms with Gasteiger partial charge >= 0.3 is 14.2 Å². The van der Waals surface area contributed by atoms with E-state index < -0.39 is 26.4 Å². The monoisotopic (exact) mass is 684 g/mol. The Morgan fingerprint density at radius 3 is 2.38 bits per heavy atom. The fraction of sp³-hybridized carbons (Fsp3) is 0.281. The molecule has 0 unspecified atom stereocenters. The number of piperazine rings is 1. The number of hydrazine groups is 1. The van der Waals surface area contributed by atoms with Crippen molar-refractivity contribution in [2.75, 3.05) is 26.7 Å². The average molecular weight is 685 g/mol. The fourth-order valence-corrected chi connectivity index (χ4v) is 6.46. The van der Waals surface area contributed by atoms with Crippen molar-refractivity contribution < 1.29 is 38.3 Å². The van der Waals surface area contributed by atoms with E-state index in [0.29, 0.717) is 16.3 Å². The number of ether oxygens (including phenoxy) is 1. The predicted octanol–water partition coefficient (Wildman–Crippen LogP) is 3.12. The normalized spacial score (nSPS) is 18.5. The van der Waals surface area contributed by atoms with Gasteiger partial charge in [-0.05, 0) is 41.0 Å². The van der Waals surface area contributed by atoms with Crippen molar-refractivity contribution >= 4 is 37.6 Å². The molecular weight excluding hydrogens is 649 g/mol. The van der Waals surface area contributed by atoms with E-state index in [1.807, 2.05) is 30.3 Å². The van der Waals surface area contributed by atoms with E-state index in [4.69, 9.17) is 20.9 Å². The molecule has 2 heterocycles. The van der Waals surface area contributed by atoms with Crippen LogP contribution < -0.4 is 14.6 Å². The first-order valence-corrected chi connectivity index (χ1v) is 16.7. The van der Waals surface area contributed by atoms with Crippen molar-refractivity contribution in [3.8, 4) is 11.5 Å². The van der Waals surface area contributed by atoms with E-state index in [-0.39, 0.29) is 56.7 Å². The van der Waals surface area contributed by atoms with Gasteiger partial charge in [0, 0.05) is 26.1 Å². The maximum atomic E-state index is 14.2. The molecule has 2 aliphatic rings. The second kappa shape index (κ2) is 14.7. The molecule has 2 atom stereocenters. The lowest BCUT2D eigenvalue weighted by molar-refractivity contribution is -0.189. The fourth-order valence-electron chi connectivity index (χ4n) is 5.78. The molecule has 4 amide bonds. The Kier molecular flexibility index (Phi) is 10.7. The highest BCUT2D eigenvalue weighted by molar-refractivity contribution is 7.53. The molecule has 2 saturated heterocycles. The lowest BCUT2D eigenvalue weighted by Crippen LogP contribution is -2.76. The predicted molar refractivity (Wildman–Crippen MR) is 174 cm³/mol. The van der Waals surface area contributed by atoms with Gasteiger partial charge in [0.1, 0.15) is 18.0 Å². The summed E-state index contributed by atoms with van der Waals surface area (Å²) >= 11 is 6.39. The minimum atomic E-state index is -4.52. The Bertz CT molecular complexity index is 1610. The highest BCUT2D eigenvalue weighted by Crippen LogP contribution is 2.46. The summed E-state index contributed by atoms with van der Waals surface area (Å²) in [7, 11) is -3.01. The molecular formula is C32H36ClN5O8P+. The van der Waals surface area contributed by atoms with E-state index in [1.165, 1.54) is 29.2 Å². The number of methoxy groups -OCH3 is 1. The molecule has 0 saturated carbocycles. The number of hydrogen-bond acceptors (Lipinski definition) is 9. The van der Waals surface area contributed by atoms with Crippen LogP contribution in [-0.2, 0) is 29.1 Å². The summed E-state index contributed by atoms with van der Waals surface area (Å²) in [6.07, 6.45) is 0.837. The van der Waals surface area contributed by atoms with Crippen LogP contribution in [0.4, 0.5) is 4.79 Å². The van der Waals surface area contributed by atoms with Gasteiger partial charge in [0.05, 0.1) is 25.2 Å². The summed E-state index contributed by atoms with van der Waals surface area (Å²) in [5, 5.41) is 6.44. The zero-order valence-electron chi connectivity index (χ0n) is 25.6. The van der Waals surface area contributed by atoms with Crippen molar-refractivity contribution in [1.82, 2.24) is 25.1 Å². The van der Waals surface area contributed by atoms with Crippen LogP contribution in [0.1, 0.15) is 16.7 Å². The van der Waals surface area contributed by atoms with Crippen LogP contribution in [-0.4, -0.2) is 91.3 Å². The van der Waals surface area contributed by atoms with Gasteiger partial charge in [-0.2, -0.15) is 14.7 Å². The zero-order chi connectivity index (χ0) is 33.7. The molecule has 0 spiro atoms. The Morgan fingerprint density at radius 2 is 1.74 bits per heavy atom. The molecule has 3 aromatic rings. The average Bonchev–Trinajstić information content (AvgIpc) is 3.03. The molecule has 248 valence electrons. The van der Waals surface area contributed by atoms with Gasteiger partial charge in [-0.1, -0.05) is 66.2 Å². The molecule has 0 bridgehead atoms. The molecule has 4 N–H and O–H groups in total. The summed E-state index contributed by atoms with van der Waals surface area (Å²) < 4.78 is 10.0. The Morgan fingerprint density at radius 1 is 1.04 bits per heavy atom. The van der Waals surface area contributed by atoms with Crippen LogP contribution in [0, 0.1) is 0 Å². The van der Waals surface area contributed by atoms with Gasteiger partial charge < -0.3 is 19.9 Å². The van der Waals surface area contributed by atoms with Gasteiger partial charge in [-0.25, -0.2) is 14.8 Å². The van der Waals surface area contributed by atoms with E-state index in [9.17, 15) is 29.1 Å². The largest absolute Gasteiger partial charge is 0.613 e. The first-order valence-electron chi connectivity index (χ1n) is 14.7. The maximum Gasteiger partial charge on any atom is 0.613 e. The standard InChI is InChI=1S/C32H35ClN5O8P/c1-3-15-36-21-30(39)37-27(17-22-9-12-25(13-10-22)46-47(42,43)44)31(40)35(19-24-11-14-28(45-2)26(33)16-24)20-29(37)38(36)32(41)34-18-23-7-5-4-6-8-23/h3-14,16,27,29,42-44H,1,15,17-21H2,2H3/p+1/t27-,29-/m0/s1. The second-order valence-electron chi connectivity index (χ2n) is 11.1. The third-order valence-corrected chi connectivity index (χ3v) is 8.59. The quantitative estimate of drug-likeness (QED) is 0.176. The number of hydrogen-bond donors (Lipinski definition) is 4. The van der Waals surface area contributed by atoms with Crippen molar-refractivity contribution in [3.05, 3.63) is 107 Å². The number of urea groups is 1. The molecule has 13 nitrogen and oxygen atoms in total. The van der Waals surface area contributed by atoms with Crippen molar-refractivity contribution in [2.24, 2.45) is 0 Å². The summed E-state index contributed by atoms with van der Waals surface area (Å²) in [4.78, 5) is 72.7. The number of carbonyl (C=O) groups is 3. The van der Waals surface area contributed by atoms with Gasteiger partial charge in [-0.15, -0.1) is 6.58 Å². The number of nitrogens with zero attached hydrogens (tertiary/aromatic N) is 4. The summed E-state index contributed by atoms with van der Waals surface area (Å²) in [6, 6.07) is 19.2. The van der Waals surface area contributed by atoms with Crippen molar-refractivity contribution in [1.29, 1.82) is 0 Å². The molecule has 0 aliphatic carbocycles. The maximum absolute atomic E-state index is 14.2. The van der Waals surface area contributed by atoms with Crippen LogP contribution in [0.2, 0.25) is 5.02 Å². The Balaban J connectivity index is 1.48. The van der Waals surface area contributed by atoms with Gasteiger partial charge in [0.15, 0.2) is 5.75 Å². The van der Waals surface area contributed by atoms with E-state index in [2.05, 4.69) is 11.9 Å². The minimum Gasteiger partial charge on any atom is -0.495 e. The number of fused-ring (bicyclic) bond motifs is 1. The van der Waals surface area contributed by atoms with Crippen LogP contribution in [0.25, 0.3) is 0 Å². The van der Waals surface area contributed by atoms with E-state index >= 15 is 0 Å². The molecule has 3 aromatic carbocycles. The van der Waals surface area contributed by atoms with Crippen LogP contribution in [0.5, 0.6) is 11.5 Å². The molecule has 47 heavy (non-hydrogen) atoms. The van der Waals surface area contributed by atoms with Gasteiger partial charge in [-0.3, -0.25) is 14.1 Å². The lowest BCUT2D eigenvalue weighted by Gasteiger charge is -2.55. The number of halogens is 1. The van der Waals surface area contributed by atoms with Crippen molar-refractivity contribution in [2.45, 2.75) is 31.7 Å². The van der Waals surface area contributed by atoms with Crippen LogP contribution >= 0.6 is 19.8 Å². The minimum absolute atomic E-state index is 0.0100. The topological polar surface area (TPSA) is 155 Å². The van der Waals surface area contributed by atoms with E-state index in [0.717, 1.165) is 11.1 Å². The van der Waals surface area contributed by atoms with Crippen LogP contribution in [0.15, 0.2) is 85.5 Å². The molecule has 0 radical (unpaired) electrons. The summed E-state index contributed by atoms with van der Waals surface area (Å²) in [5.74, 6) is -0.158. The first kappa shape index (κ1) is 34.1. The van der Waals surface area contributed by atoms with Gasteiger partial charge in [0.2, 0.25) is 11.8 Å². The Labute approximate surface area is 277 Å². The molecule has 2 fully saturated rings. The molecule has 2 aliphatic heterocycles. The second-order valence-corrected chi connectivity index (χ2v) is 12.7. The number of benzene rings is 3. The zero-order valence-corrected chi connectivity index (χ0v) is 27.3. The number of nitrogens with one attached hydrogen (secondary N) is 1. The molecule has 0 aromatic heterocycles. The smallest absolute Gasteiger partial charge is 0.495 e. The van der Waals surface area contributed by atoms with E-state index in [1.54, 1.807) is 46.3 Å². The van der Waals surface area contributed by atoms with Crippen LogP contribution in [0.3, 0.4) is 0 Å². The first-order chi connectivity index (χ1) is 22.5. The van der Waals surface area contributed by atoms with Gasteiger partial charge in [0.25, 0.3) is 0 Å². The number of rotatable bonds is 11. The third kappa shape index (κ3) is 8.20. The number of amides is 4. The number of carbonyl (C=O) groups excluding carboxylic acids is 3. The highest BCUT2D eigenvalue weighted by Gasteiger charge is 2.51. The molecule has 15 heteroatoms.